The number of methoxy groups -OCH3 is 2. The van der Waals surface area contributed by atoms with Crippen LogP contribution in [0.15, 0.2) is 54.9 Å². The first-order chi connectivity index (χ1) is 13.7. The fourth-order valence-corrected chi connectivity index (χ4v) is 3.63. The zero-order valence-electron chi connectivity index (χ0n) is 16.1. The Kier molecular flexibility index (Phi) is 5.02. The van der Waals surface area contributed by atoms with Crippen molar-refractivity contribution >= 4 is 5.91 Å². The fourth-order valence-electron chi connectivity index (χ4n) is 3.63. The third-order valence-corrected chi connectivity index (χ3v) is 5.12. The third-order valence-electron chi connectivity index (χ3n) is 5.12. The van der Waals surface area contributed by atoms with Crippen molar-refractivity contribution in [2.24, 2.45) is 0 Å². The molecule has 0 radical (unpaired) electrons. The van der Waals surface area contributed by atoms with Gasteiger partial charge in [-0.25, -0.2) is 4.98 Å². The quantitative estimate of drug-likeness (QED) is 0.685. The van der Waals surface area contributed by atoms with Crippen LogP contribution in [0.4, 0.5) is 0 Å². The summed E-state index contributed by atoms with van der Waals surface area (Å²) in [4.78, 5) is 19.3. The maximum atomic E-state index is 13.0. The first kappa shape index (κ1) is 18.1. The number of imidazole rings is 1. The average Bonchev–Trinajstić information content (AvgIpc) is 3.20. The number of amides is 1. The molecule has 6 heteroatoms. The molecule has 1 aromatic heterocycles. The van der Waals surface area contributed by atoms with Gasteiger partial charge in [-0.05, 0) is 29.7 Å². The highest BCUT2D eigenvalue weighted by Gasteiger charge is 2.23. The molecule has 1 aliphatic heterocycles. The van der Waals surface area contributed by atoms with Crippen molar-refractivity contribution in [2.45, 2.75) is 19.5 Å². The summed E-state index contributed by atoms with van der Waals surface area (Å²) >= 11 is 0. The van der Waals surface area contributed by atoms with E-state index in [2.05, 4.69) is 4.98 Å². The van der Waals surface area contributed by atoms with Gasteiger partial charge < -0.3 is 18.9 Å². The molecule has 1 aliphatic rings. The molecule has 0 N–H and O–H groups in total. The highest BCUT2D eigenvalue weighted by molar-refractivity contribution is 5.77. The molecular weight excluding hydrogens is 354 g/mol. The zero-order valence-corrected chi connectivity index (χ0v) is 16.1. The summed E-state index contributed by atoms with van der Waals surface area (Å²) in [6.45, 7) is 1.54. The van der Waals surface area contributed by atoms with Crippen LogP contribution in [0.5, 0.6) is 11.5 Å². The van der Waals surface area contributed by atoms with E-state index in [1.165, 1.54) is 5.56 Å². The van der Waals surface area contributed by atoms with Crippen LogP contribution >= 0.6 is 0 Å². The molecule has 0 aliphatic carbocycles. The number of rotatable bonds is 5. The SMILES string of the molecule is COc1cc2c(cc1OC)CN(C(=O)Cn1ccnc1-c1ccccc1)CC2. The Morgan fingerprint density at radius 3 is 2.50 bits per heavy atom. The van der Waals surface area contributed by atoms with Gasteiger partial charge in [0.25, 0.3) is 0 Å². The second kappa shape index (κ2) is 7.76. The molecule has 28 heavy (non-hydrogen) atoms. The summed E-state index contributed by atoms with van der Waals surface area (Å²) in [7, 11) is 3.26. The molecule has 2 aromatic carbocycles. The van der Waals surface area contributed by atoms with E-state index in [4.69, 9.17) is 9.47 Å². The number of nitrogens with zero attached hydrogens (tertiary/aromatic N) is 3. The van der Waals surface area contributed by atoms with E-state index >= 15 is 0 Å². The van der Waals surface area contributed by atoms with E-state index in [0.717, 1.165) is 29.1 Å². The van der Waals surface area contributed by atoms with Gasteiger partial charge in [0.2, 0.25) is 5.91 Å². The highest BCUT2D eigenvalue weighted by atomic mass is 16.5. The molecule has 4 rings (SSSR count). The number of hydrogen-bond donors (Lipinski definition) is 0. The van der Waals surface area contributed by atoms with Crippen molar-refractivity contribution in [2.75, 3.05) is 20.8 Å². The third kappa shape index (κ3) is 3.45. The van der Waals surface area contributed by atoms with Crippen LogP contribution < -0.4 is 9.47 Å². The second-order valence-electron chi connectivity index (χ2n) is 6.79. The Morgan fingerprint density at radius 2 is 1.79 bits per heavy atom. The van der Waals surface area contributed by atoms with Crippen molar-refractivity contribution in [3.8, 4) is 22.9 Å². The minimum Gasteiger partial charge on any atom is -0.493 e. The zero-order chi connectivity index (χ0) is 19.5. The molecule has 0 saturated heterocycles. The standard InChI is InChI=1S/C22H23N3O3/c1-27-19-12-17-8-10-24(14-18(17)13-20(19)28-2)21(26)15-25-11-9-23-22(25)16-6-4-3-5-7-16/h3-7,9,11-13H,8,10,14-15H2,1-2H3. The van der Waals surface area contributed by atoms with Gasteiger partial charge in [-0.1, -0.05) is 30.3 Å². The topological polar surface area (TPSA) is 56.6 Å². The number of fused-ring (bicyclic) bond motifs is 1. The summed E-state index contributed by atoms with van der Waals surface area (Å²) < 4.78 is 12.7. The molecule has 0 saturated carbocycles. The van der Waals surface area contributed by atoms with Gasteiger partial charge in [0.1, 0.15) is 12.4 Å². The van der Waals surface area contributed by atoms with Crippen LogP contribution in [0.25, 0.3) is 11.4 Å². The second-order valence-corrected chi connectivity index (χ2v) is 6.79. The van der Waals surface area contributed by atoms with Gasteiger partial charge >= 0.3 is 0 Å². The lowest BCUT2D eigenvalue weighted by molar-refractivity contribution is -0.132. The molecule has 3 aromatic rings. The molecule has 6 nitrogen and oxygen atoms in total. The van der Waals surface area contributed by atoms with Crippen molar-refractivity contribution in [3.05, 3.63) is 66.0 Å². The van der Waals surface area contributed by atoms with Crippen molar-refractivity contribution in [1.82, 2.24) is 14.5 Å². The molecule has 0 fully saturated rings. The normalized spacial score (nSPS) is 13.1. The minimum atomic E-state index is 0.0793. The minimum absolute atomic E-state index is 0.0793. The predicted molar refractivity (Wildman–Crippen MR) is 106 cm³/mol. The first-order valence-electron chi connectivity index (χ1n) is 9.27. The van der Waals surface area contributed by atoms with E-state index in [1.807, 2.05) is 58.1 Å². The van der Waals surface area contributed by atoms with E-state index in [9.17, 15) is 4.79 Å². The lowest BCUT2D eigenvalue weighted by Crippen LogP contribution is -2.38. The van der Waals surface area contributed by atoms with Crippen LogP contribution in [0.1, 0.15) is 11.1 Å². The summed E-state index contributed by atoms with van der Waals surface area (Å²) in [5, 5.41) is 0. The largest absolute Gasteiger partial charge is 0.493 e. The molecular formula is C22H23N3O3. The lowest BCUT2D eigenvalue weighted by Gasteiger charge is -2.30. The van der Waals surface area contributed by atoms with Gasteiger partial charge in [-0.15, -0.1) is 0 Å². The van der Waals surface area contributed by atoms with E-state index in [-0.39, 0.29) is 12.5 Å². The van der Waals surface area contributed by atoms with E-state index in [1.54, 1.807) is 20.4 Å². The summed E-state index contributed by atoms with van der Waals surface area (Å²) in [5.41, 5.74) is 3.31. The molecule has 0 bridgehead atoms. The first-order valence-corrected chi connectivity index (χ1v) is 9.27. The molecule has 144 valence electrons. The predicted octanol–water partition coefficient (Wildman–Crippen LogP) is 3.15. The maximum Gasteiger partial charge on any atom is 0.242 e. The summed E-state index contributed by atoms with van der Waals surface area (Å²) in [6, 6.07) is 13.9. The molecule has 0 unspecified atom stereocenters. The fraction of sp³-hybridized carbons (Fsp3) is 0.273. The smallest absolute Gasteiger partial charge is 0.242 e. The Balaban J connectivity index is 1.51. The van der Waals surface area contributed by atoms with Crippen molar-refractivity contribution in [1.29, 1.82) is 0 Å². The number of benzene rings is 2. The van der Waals surface area contributed by atoms with Gasteiger partial charge in [0.15, 0.2) is 11.5 Å². The van der Waals surface area contributed by atoms with Crippen LogP contribution in [0.3, 0.4) is 0 Å². The Hall–Kier alpha value is -3.28. The number of hydrogen-bond acceptors (Lipinski definition) is 4. The Morgan fingerprint density at radius 1 is 1.07 bits per heavy atom. The average molecular weight is 377 g/mol. The Labute approximate surface area is 164 Å². The van der Waals surface area contributed by atoms with Gasteiger partial charge in [-0.3, -0.25) is 4.79 Å². The van der Waals surface area contributed by atoms with Gasteiger partial charge in [-0.2, -0.15) is 0 Å². The lowest BCUT2D eigenvalue weighted by atomic mass is 9.98. The van der Waals surface area contributed by atoms with E-state index in [0.29, 0.717) is 18.8 Å². The van der Waals surface area contributed by atoms with Gasteiger partial charge in [0.05, 0.1) is 14.2 Å². The molecule has 1 amide bonds. The van der Waals surface area contributed by atoms with Crippen LogP contribution in [-0.2, 0) is 24.3 Å². The van der Waals surface area contributed by atoms with Crippen molar-refractivity contribution in [3.63, 3.8) is 0 Å². The van der Waals surface area contributed by atoms with Crippen LogP contribution in [-0.4, -0.2) is 41.1 Å². The van der Waals surface area contributed by atoms with Crippen molar-refractivity contribution < 1.29 is 14.3 Å². The van der Waals surface area contributed by atoms with Gasteiger partial charge in [0, 0.05) is 31.0 Å². The number of carbonyl (C=O) groups is 1. The summed E-state index contributed by atoms with van der Waals surface area (Å²) in [6.07, 6.45) is 4.39. The molecule has 0 atom stereocenters. The monoisotopic (exact) mass is 377 g/mol. The molecule has 0 spiro atoms. The number of aromatic nitrogens is 2. The number of ether oxygens (including phenoxy) is 2. The van der Waals surface area contributed by atoms with Crippen LogP contribution in [0, 0.1) is 0 Å². The van der Waals surface area contributed by atoms with E-state index < -0.39 is 0 Å². The highest BCUT2D eigenvalue weighted by Crippen LogP contribution is 2.33. The Bertz CT molecular complexity index is 982. The molecule has 2 heterocycles. The summed E-state index contributed by atoms with van der Waals surface area (Å²) in [5.74, 6) is 2.30. The number of carbonyl (C=O) groups excluding carboxylic acids is 1. The maximum absolute atomic E-state index is 13.0. The van der Waals surface area contributed by atoms with Crippen LogP contribution in [0.2, 0.25) is 0 Å².